The highest BCUT2D eigenvalue weighted by molar-refractivity contribution is 5.16. The van der Waals surface area contributed by atoms with Crippen LogP contribution >= 0.6 is 0 Å². The van der Waals surface area contributed by atoms with Gasteiger partial charge in [-0.1, -0.05) is 20.3 Å². The highest BCUT2D eigenvalue weighted by Gasteiger charge is 2.08. The maximum atomic E-state index is 6.14. The van der Waals surface area contributed by atoms with E-state index in [-0.39, 0.29) is 6.04 Å². The van der Waals surface area contributed by atoms with Crippen LogP contribution in [0.4, 0.5) is 0 Å². The molecule has 2 rings (SSSR count). The quantitative estimate of drug-likeness (QED) is 0.840. The summed E-state index contributed by atoms with van der Waals surface area (Å²) in [5.74, 6) is 0. The minimum atomic E-state index is 0.152. The molecule has 0 fully saturated rings. The highest BCUT2D eigenvalue weighted by atomic mass is 15.3. The Morgan fingerprint density at radius 2 is 2.05 bits per heavy atom. The van der Waals surface area contributed by atoms with E-state index in [2.05, 4.69) is 61.2 Å². The van der Waals surface area contributed by atoms with E-state index >= 15 is 0 Å². The SMILES string of the molecule is CCCC(N)c1ccn(Cc2ccn(C(C)CC)n2)c1. The third-order valence-electron chi connectivity index (χ3n) is 3.85. The van der Waals surface area contributed by atoms with Gasteiger partial charge in [-0.05, 0) is 37.5 Å². The fourth-order valence-electron chi connectivity index (χ4n) is 2.34. The van der Waals surface area contributed by atoms with Crippen LogP contribution in [0.2, 0.25) is 0 Å². The van der Waals surface area contributed by atoms with Gasteiger partial charge in [0.25, 0.3) is 0 Å². The van der Waals surface area contributed by atoms with Gasteiger partial charge in [0.2, 0.25) is 0 Å². The van der Waals surface area contributed by atoms with Crippen molar-refractivity contribution in [2.45, 2.75) is 58.7 Å². The lowest BCUT2D eigenvalue weighted by molar-refractivity contribution is 0.472. The van der Waals surface area contributed by atoms with Gasteiger partial charge in [0, 0.05) is 30.7 Å². The van der Waals surface area contributed by atoms with Crippen molar-refractivity contribution in [2.24, 2.45) is 5.73 Å². The van der Waals surface area contributed by atoms with E-state index in [0.29, 0.717) is 6.04 Å². The van der Waals surface area contributed by atoms with Gasteiger partial charge < -0.3 is 10.3 Å². The summed E-state index contributed by atoms with van der Waals surface area (Å²) in [4.78, 5) is 0. The van der Waals surface area contributed by atoms with Crippen LogP contribution in [0.3, 0.4) is 0 Å². The Kier molecular flexibility index (Phi) is 5.01. The van der Waals surface area contributed by atoms with E-state index in [0.717, 1.165) is 31.5 Å². The van der Waals surface area contributed by atoms with Crippen LogP contribution in [0, 0.1) is 0 Å². The summed E-state index contributed by atoms with van der Waals surface area (Å²) < 4.78 is 4.21. The first kappa shape index (κ1) is 14.9. The van der Waals surface area contributed by atoms with Crippen molar-refractivity contribution in [3.8, 4) is 0 Å². The van der Waals surface area contributed by atoms with E-state index in [4.69, 9.17) is 5.73 Å². The van der Waals surface area contributed by atoms with Crippen LogP contribution in [0.1, 0.15) is 63.4 Å². The maximum Gasteiger partial charge on any atom is 0.0821 e. The molecule has 0 amide bonds. The van der Waals surface area contributed by atoms with Crippen molar-refractivity contribution >= 4 is 0 Å². The van der Waals surface area contributed by atoms with E-state index in [1.807, 2.05) is 4.68 Å². The number of aromatic nitrogens is 3. The lowest BCUT2D eigenvalue weighted by atomic mass is 10.1. The van der Waals surface area contributed by atoms with Crippen molar-refractivity contribution < 1.29 is 0 Å². The fourth-order valence-corrected chi connectivity index (χ4v) is 2.34. The third-order valence-corrected chi connectivity index (χ3v) is 3.85. The van der Waals surface area contributed by atoms with E-state index in [1.165, 1.54) is 5.56 Å². The topological polar surface area (TPSA) is 48.8 Å². The Labute approximate surface area is 121 Å². The number of hydrogen-bond donors (Lipinski definition) is 1. The first-order valence-electron chi connectivity index (χ1n) is 7.59. The smallest absolute Gasteiger partial charge is 0.0821 e. The molecule has 4 heteroatoms. The van der Waals surface area contributed by atoms with Crippen molar-refractivity contribution in [1.29, 1.82) is 0 Å². The third kappa shape index (κ3) is 3.51. The standard InChI is InChI=1S/C16H26N4/c1-4-6-16(17)14-7-9-19(11-14)12-15-8-10-20(18-15)13(3)5-2/h7-11,13,16H,4-6,12,17H2,1-3H3. The predicted molar refractivity (Wildman–Crippen MR) is 82.6 cm³/mol. The Bertz CT molecular complexity index is 526. The zero-order chi connectivity index (χ0) is 14.5. The van der Waals surface area contributed by atoms with Gasteiger partial charge in [-0.3, -0.25) is 4.68 Å². The average Bonchev–Trinajstić information content (AvgIpc) is 3.08. The molecule has 2 heterocycles. The summed E-state index contributed by atoms with van der Waals surface area (Å²) in [6.45, 7) is 7.34. The van der Waals surface area contributed by atoms with Gasteiger partial charge in [0.1, 0.15) is 0 Å². The van der Waals surface area contributed by atoms with Crippen molar-refractivity contribution in [1.82, 2.24) is 14.3 Å². The molecule has 2 N–H and O–H groups in total. The van der Waals surface area contributed by atoms with E-state index in [1.54, 1.807) is 0 Å². The zero-order valence-electron chi connectivity index (χ0n) is 12.8. The molecule has 2 aromatic heterocycles. The molecule has 0 aliphatic rings. The molecule has 0 saturated carbocycles. The molecule has 0 spiro atoms. The van der Waals surface area contributed by atoms with Crippen molar-refractivity contribution in [3.63, 3.8) is 0 Å². The predicted octanol–water partition coefficient (Wildman–Crippen LogP) is 3.50. The minimum Gasteiger partial charge on any atom is -0.348 e. The minimum absolute atomic E-state index is 0.152. The second-order valence-corrected chi connectivity index (χ2v) is 5.56. The molecular weight excluding hydrogens is 248 g/mol. The van der Waals surface area contributed by atoms with Crippen LogP contribution in [0.15, 0.2) is 30.7 Å². The second-order valence-electron chi connectivity index (χ2n) is 5.56. The highest BCUT2D eigenvalue weighted by Crippen LogP contribution is 2.17. The summed E-state index contributed by atoms with van der Waals surface area (Å²) in [5.41, 5.74) is 8.45. The molecular formula is C16H26N4. The van der Waals surface area contributed by atoms with Crippen LogP contribution in [0.5, 0.6) is 0 Å². The van der Waals surface area contributed by atoms with Crippen molar-refractivity contribution in [2.75, 3.05) is 0 Å². The van der Waals surface area contributed by atoms with Crippen LogP contribution < -0.4 is 5.73 Å². The Balaban J connectivity index is 2.01. The lowest BCUT2D eigenvalue weighted by Gasteiger charge is -2.08. The Morgan fingerprint density at radius 3 is 2.75 bits per heavy atom. The zero-order valence-corrected chi connectivity index (χ0v) is 12.8. The Morgan fingerprint density at radius 1 is 1.25 bits per heavy atom. The normalized spacial score (nSPS) is 14.4. The van der Waals surface area contributed by atoms with Crippen LogP contribution in [-0.4, -0.2) is 14.3 Å². The molecule has 110 valence electrons. The summed E-state index contributed by atoms with van der Waals surface area (Å²) in [5, 5.41) is 4.63. The van der Waals surface area contributed by atoms with Crippen LogP contribution in [0.25, 0.3) is 0 Å². The van der Waals surface area contributed by atoms with Gasteiger partial charge in [-0.2, -0.15) is 5.10 Å². The number of rotatable bonds is 7. The first-order chi connectivity index (χ1) is 9.63. The summed E-state index contributed by atoms with van der Waals surface area (Å²) >= 11 is 0. The molecule has 0 aromatic carbocycles. The molecule has 4 nitrogen and oxygen atoms in total. The molecule has 2 aromatic rings. The number of nitrogens with two attached hydrogens (primary N) is 1. The van der Waals surface area contributed by atoms with E-state index in [9.17, 15) is 0 Å². The van der Waals surface area contributed by atoms with E-state index < -0.39 is 0 Å². The molecule has 0 radical (unpaired) electrons. The molecule has 0 bridgehead atoms. The Hall–Kier alpha value is -1.55. The summed E-state index contributed by atoms with van der Waals surface area (Å²) in [6.07, 6.45) is 9.55. The van der Waals surface area contributed by atoms with Gasteiger partial charge in [-0.15, -0.1) is 0 Å². The molecule has 0 aliphatic carbocycles. The summed E-state index contributed by atoms with van der Waals surface area (Å²) in [7, 11) is 0. The molecule has 2 unspecified atom stereocenters. The largest absolute Gasteiger partial charge is 0.348 e. The molecule has 2 atom stereocenters. The average molecular weight is 274 g/mol. The molecule has 0 saturated heterocycles. The van der Waals surface area contributed by atoms with Crippen molar-refractivity contribution in [3.05, 3.63) is 42.0 Å². The summed E-state index contributed by atoms with van der Waals surface area (Å²) in [6, 6.07) is 4.82. The van der Waals surface area contributed by atoms with Crippen LogP contribution in [-0.2, 0) is 6.54 Å². The molecule has 0 aliphatic heterocycles. The van der Waals surface area contributed by atoms with Gasteiger partial charge in [-0.25, -0.2) is 0 Å². The van der Waals surface area contributed by atoms with Gasteiger partial charge >= 0.3 is 0 Å². The lowest BCUT2D eigenvalue weighted by Crippen LogP contribution is -2.09. The monoisotopic (exact) mass is 274 g/mol. The van der Waals surface area contributed by atoms with Gasteiger partial charge in [0.15, 0.2) is 0 Å². The fraction of sp³-hybridized carbons (Fsp3) is 0.562. The molecule has 20 heavy (non-hydrogen) atoms. The van der Waals surface area contributed by atoms with Gasteiger partial charge in [0.05, 0.1) is 12.2 Å². The maximum absolute atomic E-state index is 6.14. The number of nitrogens with zero attached hydrogens (tertiary/aromatic N) is 3. The second kappa shape index (κ2) is 6.75. The number of hydrogen-bond acceptors (Lipinski definition) is 2. The first-order valence-corrected chi connectivity index (χ1v) is 7.59.